The number of methoxy groups -OCH3 is 1. The number of nitrogens with one attached hydrogen (secondary N) is 2. The Morgan fingerprint density at radius 2 is 1.92 bits per heavy atom. The second kappa shape index (κ2) is 8.49. The van der Waals surface area contributed by atoms with Gasteiger partial charge in [0.15, 0.2) is 0 Å². The van der Waals surface area contributed by atoms with Crippen LogP contribution in [-0.2, 0) is 4.74 Å². The molecule has 0 bridgehead atoms. The zero-order chi connectivity index (χ0) is 18.4. The van der Waals surface area contributed by atoms with Crippen LogP contribution in [0.15, 0.2) is 48.5 Å². The van der Waals surface area contributed by atoms with Crippen LogP contribution >= 0.6 is 0 Å². The van der Waals surface area contributed by atoms with Crippen LogP contribution in [0.3, 0.4) is 0 Å². The van der Waals surface area contributed by atoms with Gasteiger partial charge in [0.05, 0.1) is 13.2 Å². The van der Waals surface area contributed by atoms with Crippen LogP contribution in [0, 0.1) is 0 Å². The molecule has 1 atom stereocenters. The molecule has 6 heteroatoms. The van der Waals surface area contributed by atoms with E-state index in [-0.39, 0.29) is 17.9 Å². The molecule has 26 heavy (non-hydrogen) atoms. The second-order valence-electron chi connectivity index (χ2n) is 6.11. The molecule has 0 saturated carbocycles. The molecule has 1 unspecified atom stereocenters. The van der Waals surface area contributed by atoms with Crippen molar-refractivity contribution in [3.63, 3.8) is 0 Å². The van der Waals surface area contributed by atoms with E-state index in [9.17, 15) is 9.59 Å². The van der Waals surface area contributed by atoms with E-state index in [2.05, 4.69) is 10.6 Å². The molecular formula is C20H22N2O4. The predicted octanol–water partition coefficient (Wildman–Crippen LogP) is 2.86. The fourth-order valence-electron chi connectivity index (χ4n) is 2.80. The molecule has 2 amide bonds. The summed E-state index contributed by atoms with van der Waals surface area (Å²) in [6.07, 6.45) is 2.10. The second-order valence-corrected chi connectivity index (χ2v) is 6.11. The summed E-state index contributed by atoms with van der Waals surface area (Å²) in [5.41, 5.74) is 1.57. The molecule has 2 N–H and O–H groups in total. The Balaban J connectivity index is 1.60. The van der Waals surface area contributed by atoms with Gasteiger partial charge in [-0.2, -0.15) is 0 Å². The van der Waals surface area contributed by atoms with Crippen molar-refractivity contribution >= 4 is 17.5 Å². The van der Waals surface area contributed by atoms with Crippen molar-refractivity contribution in [3.8, 4) is 5.75 Å². The van der Waals surface area contributed by atoms with Gasteiger partial charge < -0.3 is 20.1 Å². The first-order valence-corrected chi connectivity index (χ1v) is 8.61. The lowest BCUT2D eigenvalue weighted by Crippen LogP contribution is -2.31. The van der Waals surface area contributed by atoms with E-state index in [0.29, 0.717) is 29.1 Å². The molecule has 2 aromatic rings. The summed E-state index contributed by atoms with van der Waals surface area (Å²) in [7, 11) is 1.57. The first kappa shape index (κ1) is 17.9. The summed E-state index contributed by atoms with van der Waals surface area (Å²) in [6.45, 7) is 1.26. The average molecular weight is 354 g/mol. The van der Waals surface area contributed by atoms with E-state index in [1.54, 1.807) is 55.6 Å². The maximum atomic E-state index is 12.3. The van der Waals surface area contributed by atoms with Crippen LogP contribution in [-0.4, -0.2) is 38.2 Å². The number of hydrogen-bond donors (Lipinski definition) is 2. The van der Waals surface area contributed by atoms with Crippen LogP contribution in [0.5, 0.6) is 5.75 Å². The lowest BCUT2D eigenvalue weighted by molar-refractivity contribution is 0.0857. The smallest absolute Gasteiger partial charge is 0.255 e. The van der Waals surface area contributed by atoms with Crippen molar-refractivity contribution in [2.24, 2.45) is 0 Å². The van der Waals surface area contributed by atoms with Gasteiger partial charge in [-0.05, 0) is 55.3 Å². The molecule has 0 aliphatic carbocycles. The maximum Gasteiger partial charge on any atom is 0.255 e. The topological polar surface area (TPSA) is 76.7 Å². The minimum absolute atomic E-state index is 0.0944. The molecule has 3 rings (SSSR count). The summed E-state index contributed by atoms with van der Waals surface area (Å²) in [5, 5.41) is 5.68. The van der Waals surface area contributed by atoms with Crippen molar-refractivity contribution in [1.29, 1.82) is 0 Å². The van der Waals surface area contributed by atoms with Gasteiger partial charge in [0, 0.05) is 30.0 Å². The molecule has 0 aromatic heterocycles. The zero-order valence-corrected chi connectivity index (χ0v) is 14.7. The lowest BCUT2D eigenvalue weighted by atomic mass is 10.1. The van der Waals surface area contributed by atoms with Crippen molar-refractivity contribution in [2.45, 2.75) is 18.9 Å². The van der Waals surface area contributed by atoms with Crippen LogP contribution < -0.4 is 15.4 Å². The molecule has 6 nitrogen and oxygen atoms in total. The number of amides is 2. The van der Waals surface area contributed by atoms with E-state index in [0.717, 1.165) is 19.4 Å². The third-order valence-corrected chi connectivity index (χ3v) is 4.25. The number of carbonyl (C=O) groups is 2. The molecule has 1 saturated heterocycles. The quantitative estimate of drug-likeness (QED) is 0.836. The predicted molar refractivity (Wildman–Crippen MR) is 98.7 cm³/mol. The van der Waals surface area contributed by atoms with Gasteiger partial charge in [-0.15, -0.1) is 0 Å². The van der Waals surface area contributed by atoms with Gasteiger partial charge in [0.2, 0.25) is 0 Å². The minimum Gasteiger partial charge on any atom is -0.497 e. The monoisotopic (exact) mass is 354 g/mol. The number of benzene rings is 2. The minimum atomic E-state index is -0.246. The molecule has 1 aliphatic rings. The highest BCUT2D eigenvalue weighted by Crippen LogP contribution is 2.16. The van der Waals surface area contributed by atoms with E-state index in [4.69, 9.17) is 9.47 Å². The average Bonchev–Trinajstić information content (AvgIpc) is 3.20. The molecular weight excluding hydrogens is 332 g/mol. The molecule has 1 fully saturated rings. The first-order chi connectivity index (χ1) is 12.7. The van der Waals surface area contributed by atoms with E-state index in [1.165, 1.54) is 0 Å². The molecule has 2 aromatic carbocycles. The highest BCUT2D eigenvalue weighted by Gasteiger charge is 2.17. The number of hydrogen-bond acceptors (Lipinski definition) is 4. The highest BCUT2D eigenvalue weighted by atomic mass is 16.5. The molecule has 1 aliphatic heterocycles. The summed E-state index contributed by atoms with van der Waals surface area (Å²) in [6, 6.07) is 13.7. The zero-order valence-electron chi connectivity index (χ0n) is 14.7. The Kier molecular flexibility index (Phi) is 5.86. The van der Waals surface area contributed by atoms with Gasteiger partial charge in [-0.1, -0.05) is 6.07 Å². The van der Waals surface area contributed by atoms with Crippen LogP contribution in [0.25, 0.3) is 0 Å². The standard InChI is InChI=1S/C20H22N2O4/c1-25-17-9-7-14(8-10-17)20(24)22-16-5-2-4-15(12-16)19(23)21-13-18-6-3-11-26-18/h2,4-5,7-10,12,18H,3,6,11,13H2,1H3,(H,21,23)(H,22,24). The largest absolute Gasteiger partial charge is 0.497 e. The van der Waals surface area contributed by atoms with Crippen molar-refractivity contribution in [1.82, 2.24) is 5.32 Å². The van der Waals surface area contributed by atoms with Gasteiger partial charge in [-0.25, -0.2) is 0 Å². The molecule has 0 spiro atoms. The lowest BCUT2D eigenvalue weighted by Gasteiger charge is -2.12. The Hall–Kier alpha value is -2.86. The van der Waals surface area contributed by atoms with Gasteiger partial charge in [0.1, 0.15) is 5.75 Å². The summed E-state index contributed by atoms with van der Waals surface area (Å²) in [4.78, 5) is 24.6. The first-order valence-electron chi connectivity index (χ1n) is 8.61. The van der Waals surface area contributed by atoms with Crippen LogP contribution in [0.4, 0.5) is 5.69 Å². The summed E-state index contributed by atoms with van der Waals surface area (Å²) < 4.78 is 10.6. The Morgan fingerprint density at radius 3 is 2.62 bits per heavy atom. The van der Waals surface area contributed by atoms with Crippen molar-refractivity contribution < 1.29 is 19.1 Å². The summed E-state index contributed by atoms with van der Waals surface area (Å²) >= 11 is 0. The third-order valence-electron chi connectivity index (χ3n) is 4.25. The Bertz CT molecular complexity index is 768. The summed E-state index contributed by atoms with van der Waals surface area (Å²) in [5.74, 6) is 0.261. The third kappa shape index (κ3) is 4.61. The van der Waals surface area contributed by atoms with Gasteiger partial charge in [0.25, 0.3) is 11.8 Å². The van der Waals surface area contributed by atoms with Crippen molar-refractivity contribution in [2.75, 3.05) is 25.6 Å². The van der Waals surface area contributed by atoms with Crippen LogP contribution in [0.2, 0.25) is 0 Å². The molecule has 136 valence electrons. The van der Waals surface area contributed by atoms with Gasteiger partial charge >= 0.3 is 0 Å². The van der Waals surface area contributed by atoms with Gasteiger partial charge in [-0.3, -0.25) is 9.59 Å². The number of ether oxygens (including phenoxy) is 2. The number of rotatable bonds is 6. The molecule has 0 radical (unpaired) electrons. The number of carbonyl (C=O) groups excluding carboxylic acids is 2. The Morgan fingerprint density at radius 1 is 1.12 bits per heavy atom. The van der Waals surface area contributed by atoms with Crippen LogP contribution in [0.1, 0.15) is 33.6 Å². The van der Waals surface area contributed by atoms with E-state index in [1.807, 2.05) is 0 Å². The maximum absolute atomic E-state index is 12.3. The normalized spacial score (nSPS) is 16.1. The van der Waals surface area contributed by atoms with Crippen molar-refractivity contribution in [3.05, 3.63) is 59.7 Å². The Labute approximate surface area is 152 Å². The fraction of sp³-hybridized carbons (Fsp3) is 0.300. The van der Waals surface area contributed by atoms with E-state index < -0.39 is 0 Å². The highest BCUT2D eigenvalue weighted by molar-refractivity contribution is 6.05. The fourth-order valence-corrected chi connectivity index (χ4v) is 2.80. The van der Waals surface area contributed by atoms with E-state index >= 15 is 0 Å². The number of anilines is 1. The molecule has 1 heterocycles. The SMILES string of the molecule is COc1ccc(C(=O)Nc2cccc(C(=O)NCC3CCCO3)c2)cc1.